The first kappa shape index (κ1) is 20.1. The number of aromatic nitrogens is 4. The van der Waals surface area contributed by atoms with Gasteiger partial charge in [0.05, 0.1) is 17.4 Å². The number of piperidine rings is 1. The van der Waals surface area contributed by atoms with Gasteiger partial charge in [0.2, 0.25) is 0 Å². The van der Waals surface area contributed by atoms with E-state index in [1.165, 1.54) is 0 Å². The van der Waals surface area contributed by atoms with Crippen LogP contribution < -0.4 is 10.2 Å². The molecule has 2 aliphatic heterocycles. The summed E-state index contributed by atoms with van der Waals surface area (Å²) in [5.41, 5.74) is 1.76. The topological polar surface area (TPSA) is 79.1 Å². The fraction of sp³-hybridized carbons (Fsp3) is 0.381. The second-order valence-corrected chi connectivity index (χ2v) is 8.59. The molecule has 31 heavy (non-hydrogen) atoms. The fourth-order valence-electron chi connectivity index (χ4n) is 4.52. The first-order valence-corrected chi connectivity index (χ1v) is 10.4. The minimum absolute atomic E-state index is 0.0283. The number of phenolic OH excluding ortho intramolecular Hbond substituents is 1. The molecule has 1 aromatic carbocycles. The molecule has 2 unspecified atom stereocenters. The van der Waals surface area contributed by atoms with E-state index < -0.39 is 12.0 Å². The average Bonchev–Trinajstić information content (AvgIpc) is 3.27. The molecular weight excluding hydrogens is 426 g/mol. The third kappa shape index (κ3) is 3.72. The van der Waals surface area contributed by atoms with Gasteiger partial charge in [-0.3, -0.25) is 0 Å². The maximum absolute atomic E-state index is 14.0. The van der Waals surface area contributed by atoms with Crippen LogP contribution in [-0.2, 0) is 0 Å². The molecule has 0 spiro atoms. The van der Waals surface area contributed by atoms with Crippen molar-refractivity contribution in [2.75, 3.05) is 11.9 Å². The fourth-order valence-corrected chi connectivity index (χ4v) is 4.67. The van der Waals surface area contributed by atoms with Crippen molar-refractivity contribution in [3.63, 3.8) is 0 Å². The van der Waals surface area contributed by atoms with Gasteiger partial charge in [0, 0.05) is 43.4 Å². The number of nitrogens with one attached hydrogen (secondary N) is 1. The predicted octanol–water partition coefficient (Wildman–Crippen LogP) is 3.65. The smallest absolute Gasteiger partial charge is 0.264 e. The van der Waals surface area contributed by atoms with Crippen molar-refractivity contribution < 1.29 is 13.9 Å². The third-order valence-corrected chi connectivity index (χ3v) is 6.39. The van der Waals surface area contributed by atoms with Crippen molar-refractivity contribution in [2.24, 2.45) is 0 Å². The Hall–Kier alpha value is -2.78. The molecule has 3 aromatic rings. The van der Waals surface area contributed by atoms with Crippen molar-refractivity contribution in [1.29, 1.82) is 0 Å². The van der Waals surface area contributed by atoms with Gasteiger partial charge in [-0.2, -0.15) is 0 Å². The van der Waals surface area contributed by atoms with Gasteiger partial charge >= 0.3 is 0 Å². The van der Waals surface area contributed by atoms with E-state index in [-0.39, 0.29) is 24.3 Å². The number of anilines is 1. The maximum Gasteiger partial charge on any atom is 0.264 e. The Bertz CT molecular complexity index is 1110. The Kier molecular flexibility index (Phi) is 4.82. The van der Waals surface area contributed by atoms with Crippen LogP contribution in [0.25, 0.3) is 16.9 Å². The molecule has 0 radical (unpaired) electrons. The van der Waals surface area contributed by atoms with E-state index in [9.17, 15) is 13.9 Å². The number of hydrogen-bond acceptors (Lipinski definition) is 6. The van der Waals surface area contributed by atoms with Crippen LogP contribution in [0.2, 0.25) is 5.15 Å². The Labute approximate surface area is 182 Å². The highest BCUT2D eigenvalue weighted by Gasteiger charge is 2.53. The second kappa shape index (κ2) is 7.42. The van der Waals surface area contributed by atoms with Crippen LogP contribution in [-0.4, -0.2) is 56.0 Å². The summed E-state index contributed by atoms with van der Waals surface area (Å²) >= 11 is 5.85. The number of imidazole rings is 1. The summed E-state index contributed by atoms with van der Waals surface area (Å²) in [4.78, 5) is 5.88. The highest BCUT2D eigenvalue weighted by molar-refractivity contribution is 6.29. The molecule has 0 aliphatic carbocycles. The highest BCUT2D eigenvalue weighted by atomic mass is 35.5. The van der Waals surface area contributed by atoms with E-state index in [2.05, 4.69) is 20.5 Å². The summed E-state index contributed by atoms with van der Waals surface area (Å²) in [6, 6.07) is 7.75. The van der Waals surface area contributed by atoms with E-state index in [0.717, 1.165) is 0 Å². The zero-order valence-corrected chi connectivity index (χ0v) is 17.5. The summed E-state index contributed by atoms with van der Waals surface area (Å²) in [5.74, 6) is -1.99. The molecule has 3 atom stereocenters. The number of alkyl halides is 2. The molecule has 2 aliphatic rings. The van der Waals surface area contributed by atoms with E-state index in [1.54, 1.807) is 41.4 Å². The van der Waals surface area contributed by atoms with Crippen molar-refractivity contribution in [2.45, 2.75) is 43.3 Å². The van der Waals surface area contributed by atoms with Gasteiger partial charge in [-0.25, -0.2) is 13.8 Å². The van der Waals surface area contributed by atoms with Gasteiger partial charge in [0.1, 0.15) is 17.2 Å². The van der Waals surface area contributed by atoms with Crippen molar-refractivity contribution in [3.8, 4) is 22.7 Å². The summed E-state index contributed by atoms with van der Waals surface area (Å²) in [7, 11) is 1.86. The SMILES string of the molecule is CN(c1ccc(-c2ccc(-n3cnc(Cl)c3)cc2O)nn1)[C@@H]1CC2CC(F)(F)C(C1)N2. The van der Waals surface area contributed by atoms with E-state index >= 15 is 0 Å². The Morgan fingerprint density at radius 3 is 2.71 bits per heavy atom. The number of aromatic hydroxyl groups is 1. The quantitative estimate of drug-likeness (QED) is 0.637. The Balaban J connectivity index is 1.33. The number of nitrogens with zero attached hydrogens (tertiary/aromatic N) is 5. The standard InChI is InChI=1S/C21H21ClF2N6O/c1-29(14-6-12-9-21(23,24)18(8-14)26-12)20-5-4-16(27-28-20)15-3-2-13(7-17(15)31)30-10-19(22)25-11-30/h2-5,7,10-12,14,18,26,31H,6,8-9H2,1H3/t12?,14-,18?/m1/s1. The average molecular weight is 447 g/mol. The lowest BCUT2D eigenvalue weighted by atomic mass is 9.98. The van der Waals surface area contributed by atoms with Gasteiger partial charge in [-0.15, -0.1) is 10.2 Å². The second-order valence-electron chi connectivity index (χ2n) is 8.20. The van der Waals surface area contributed by atoms with Crippen molar-refractivity contribution >= 4 is 17.4 Å². The molecule has 5 rings (SSSR count). The largest absolute Gasteiger partial charge is 0.507 e. The number of benzene rings is 1. The van der Waals surface area contributed by atoms with Gasteiger partial charge < -0.3 is 19.9 Å². The lowest BCUT2D eigenvalue weighted by Crippen LogP contribution is -2.49. The maximum atomic E-state index is 14.0. The van der Waals surface area contributed by atoms with E-state index in [4.69, 9.17) is 11.6 Å². The predicted molar refractivity (Wildman–Crippen MR) is 113 cm³/mol. The molecule has 2 aromatic heterocycles. The van der Waals surface area contributed by atoms with Crippen LogP contribution in [0.3, 0.4) is 0 Å². The summed E-state index contributed by atoms with van der Waals surface area (Å²) in [6.45, 7) is 0. The molecule has 4 heterocycles. The molecule has 2 N–H and O–H groups in total. The number of phenols is 1. The lowest BCUT2D eigenvalue weighted by Gasteiger charge is -2.36. The van der Waals surface area contributed by atoms with E-state index in [1.807, 2.05) is 18.0 Å². The van der Waals surface area contributed by atoms with Crippen LogP contribution in [0, 0.1) is 0 Å². The van der Waals surface area contributed by atoms with Crippen molar-refractivity contribution in [3.05, 3.63) is 48.0 Å². The summed E-state index contributed by atoms with van der Waals surface area (Å²) in [5, 5.41) is 22.4. The minimum Gasteiger partial charge on any atom is -0.507 e. The molecule has 0 saturated carbocycles. The van der Waals surface area contributed by atoms with Gasteiger partial charge in [0.15, 0.2) is 5.82 Å². The molecule has 0 amide bonds. The monoisotopic (exact) mass is 446 g/mol. The summed E-state index contributed by atoms with van der Waals surface area (Å²) < 4.78 is 29.7. The third-order valence-electron chi connectivity index (χ3n) is 6.20. The van der Waals surface area contributed by atoms with E-state index in [0.29, 0.717) is 40.8 Å². The molecule has 2 bridgehead atoms. The van der Waals surface area contributed by atoms with Gasteiger partial charge in [-0.05, 0) is 37.1 Å². The lowest BCUT2D eigenvalue weighted by molar-refractivity contribution is -0.0128. The van der Waals surface area contributed by atoms with Gasteiger partial charge in [-0.1, -0.05) is 11.6 Å². The highest BCUT2D eigenvalue weighted by Crippen LogP contribution is 2.40. The molecule has 7 nitrogen and oxygen atoms in total. The Morgan fingerprint density at radius 2 is 2.06 bits per heavy atom. The van der Waals surface area contributed by atoms with Crippen LogP contribution in [0.1, 0.15) is 19.3 Å². The zero-order valence-electron chi connectivity index (χ0n) is 16.7. The van der Waals surface area contributed by atoms with Crippen molar-refractivity contribution in [1.82, 2.24) is 25.1 Å². The zero-order chi connectivity index (χ0) is 21.8. The molecule has 10 heteroatoms. The van der Waals surface area contributed by atoms with Crippen LogP contribution >= 0.6 is 11.6 Å². The number of hydrogen-bond donors (Lipinski definition) is 2. The van der Waals surface area contributed by atoms with Gasteiger partial charge in [0.25, 0.3) is 5.92 Å². The first-order chi connectivity index (χ1) is 14.8. The minimum atomic E-state index is -2.65. The summed E-state index contributed by atoms with van der Waals surface area (Å²) in [6.07, 6.45) is 4.11. The normalized spacial score (nSPS) is 24.3. The number of halogens is 3. The molecule has 2 saturated heterocycles. The van der Waals surface area contributed by atoms with Crippen LogP contribution in [0.5, 0.6) is 5.75 Å². The molecule has 2 fully saturated rings. The molecule has 162 valence electrons. The Morgan fingerprint density at radius 1 is 1.23 bits per heavy atom. The number of rotatable bonds is 4. The molecular formula is C21H21ClF2N6O. The number of fused-ring (bicyclic) bond motifs is 2. The first-order valence-electron chi connectivity index (χ1n) is 10.0. The van der Waals surface area contributed by atoms with Crippen LogP contribution in [0.4, 0.5) is 14.6 Å². The van der Waals surface area contributed by atoms with Crippen LogP contribution in [0.15, 0.2) is 42.9 Å².